The van der Waals surface area contributed by atoms with Crippen molar-refractivity contribution in [3.05, 3.63) is 12.2 Å². The molecule has 178 valence electrons. The summed E-state index contributed by atoms with van der Waals surface area (Å²) in [6, 6.07) is 0. The van der Waals surface area contributed by atoms with E-state index in [4.69, 9.17) is 18.9 Å². The first-order chi connectivity index (χ1) is 14.7. The molecule has 0 aromatic heterocycles. The Morgan fingerprint density at radius 1 is 1.13 bits per heavy atom. The van der Waals surface area contributed by atoms with E-state index in [-0.39, 0.29) is 48.8 Å². The first-order valence-electron chi connectivity index (χ1n) is 11.4. The van der Waals surface area contributed by atoms with Gasteiger partial charge in [0.05, 0.1) is 55.9 Å². The number of ether oxygens (including phenoxy) is 4. The average Bonchev–Trinajstić information content (AvgIpc) is 2.74. The first kappa shape index (κ1) is 24.6. The lowest BCUT2D eigenvalue weighted by molar-refractivity contribution is -0.269. The summed E-state index contributed by atoms with van der Waals surface area (Å²) in [7, 11) is 1.38. The fraction of sp³-hybridized carbons (Fsp3) is 0.870. The lowest BCUT2D eigenvalue weighted by Gasteiger charge is -2.50. The van der Waals surface area contributed by atoms with E-state index in [1.165, 1.54) is 7.11 Å². The molecule has 3 N–H and O–H groups in total. The van der Waals surface area contributed by atoms with E-state index in [0.717, 1.165) is 12.0 Å². The fourth-order valence-electron chi connectivity index (χ4n) is 5.14. The van der Waals surface area contributed by atoms with E-state index in [9.17, 15) is 20.1 Å². The van der Waals surface area contributed by atoms with Crippen LogP contribution in [0.2, 0.25) is 0 Å². The predicted octanol–water partition coefficient (Wildman–Crippen LogP) is 1.34. The van der Waals surface area contributed by atoms with Gasteiger partial charge in [-0.3, -0.25) is 4.79 Å². The molecular formula is C23H38O8. The first-order valence-corrected chi connectivity index (χ1v) is 11.4. The zero-order valence-corrected chi connectivity index (χ0v) is 18.8. The summed E-state index contributed by atoms with van der Waals surface area (Å²) in [5.74, 6) is -0.188. The van der Waals surface area contributed by atoms with Crippen LogP contribution in [0.4, 0.5) is 0 Å². The highest BCUT2D eigenvalue weighted by Crippen LogP contribution is 2.40. The zero-order chi connectivity index (χ0) is 22.7. The summed E-state index contributed by atoms with van der Waals surface area (Å²) in [6.07, 6.45) is -0.432. The molecule has 8 heteroatoms. The van der Waals surface area contributed by atoms with Crippen LogP contribution in [0.25, 0.3) is 0 Å². The Labute approximate surface area is 184 Å². The maximum Gasteiger partial charge on any atom is 0.305 e. The second-order valence-corrected chi connectivity index (χ2v) is 9.33. The van der Waals surface area contributed by atoms with Gasteiger partial charge >= 0.3 is 5.97 Å². The Hall–Kier alpha value is -1.03. The molecule has 0 saturated carbocycles. The Balaban J connectivity index is 1.63. The minimum atomic E-state index is -0.742. The number of aliphatic hydroxyl groups excluding tert-OH is 3. The highest BCUT2D eigenvalue weighted by molar-refractivity contribution is 5.69. The number of carbonyl (C=O) groups is 1. The van der Waals surface area contributed by atoms with E-state index in [2.05, 4.69) is 13.5 Å². The maximum atomic E-state index is 11.5. The molecule has 3 fully saturated rings. The third-order valence-electron chi connectivity index (χ3n) is 7.17. The van der Waals surface area contributed by atoms with Crippen LogP contribution >= 0.6 is 0 Å². The van der Waals surface area contributed by atoms with Crippen molar-refractivity contribution in [3.8, 4) is 0 Å². The van der Waals surface area contributed by atoms with Gasteiger partial charge in [-0.2, -0.15) is 0 Å². The molecule has 3 aliphatic heterocycles. The molecule has 8 nitrogen and oxygen atoms in total. The molecule has 0 amide bonds. The molecule has 3 heterocycles. The van der Waals surface area contributed by atoms with Crippen molar-refractivity contribution in [2.24, 2.45) is 11.8 Å². The van der Waals surface area contributed by atoms with Crippen molar-refractivity contribution in [2.45, 2.75) is 101 Å². The van der Waals surface area contributed by atoms with E-state index >= 15 is 0 Å². The van der Waals surface area contributed by atoms with Gasteiger partial charge < -0.3 is 34.3 Å². The van der Waals surface area contributed by atoms with Crippen molar-refractivity contribution in [2.75, 3.05) is 13.7 Å². The molecule has 0 aliphatic carbocycles. The summed E-state index contributed by atoms with van der Waals surface area (Å²) in [6.45, 7) is 8.19. The van der Waals surface area contributed by atoms with Crippen molar-refractivity contribution in [1.82, 2.24) is 0 Å². The standard InChI is InChI=1S/C23H38O8/c1-12-9-15(5-6-21(26)28-4)29-18(13(12)2)11-19-22(27)14(3)23-20(30-19)10-16(25)17(31-23)7-8-24/h12,14-20,22-25,27H,2,5-11H2,1,3-4H3/t12-,14-,15+,16?,17?,18?,19+,20+,22?,23+/m1/s1. The quantitative estimate of drug-likeness (QED) is 0.400. The molecule has 0 aromatic rings. The number of methoxy groups -OCH3 is 1. The third-order valence-corrected chi connectivity index (χ3v) is 7.17. The summed E-state index contributed by atoms with van der Waals surface area (Å²) < 4.78 is 23.2. The second-order valence-electron chi connectivity index (χ2n) is 9.33. The Morgan fingerprint density at radius 2 is 1.87 bits per heavy atom. The Bertz CT molecular complexity index is 625. The largest absolute Gasteiger partial charge is 0.469 e. The van der Waals surface area contributed by atoms with Crippen LogP contribution in [0, 0.1) is 11.8 Å². The van der Waals surface area contributed by atoms with Gasteiger partial charge in [-0.1, -0.05) is 20.4 Å². The monoisotopic (exact) mass is 442 g/mol. The molecule has 0 spiro atoms. The molecule has 3 rings (SSSR count). The van der Waals surface area contributed by atoms with E-state index in [1.807, 2.05) is 6.92 Å². The number of hydrogen-bond donors (Lipinski definition) is 3. The molecule has 0 aromatic carbocycles. The van der Waals surface area contributed by atoms with Crippen LogP contribution in [0.5, 0.6) is 0 Å². The van der Waals surface area contributed by atoms with Gasteiger partial charge in [0.1, 0.15) is 0 Å². The van der Waals surface area contributed by atoms with Crippen LogP contribution in [0.1, 0.15) is 52.4 Å². The van der Waals surface area contributed by atoms with E-state index in [1.54, 1.807) is 0 Å². The average molecular weight is 443 g/mol. The number of aliphatic hydroxyl groups is 3. The van der Waals surface area contributed by atoms with Gasteiger partial charge in [0.25, 0.3) is 0 Å². The number of hydrogen-bond acceptors (Lipinski definition) is 8. The van der Waals surface area contributed by atoms with Gasteiger partial charge in [-0.25, -0.2) is 0 Å². The van der Waals surface area contributed by atoms with Crippen molar-refractivity contribution in [3.63, 3.8) is 0 Å². The van der Waals surface area contributed by atoms with Gasteiger partial charge in [-0.15, -0.1) is 0 Å². The molecular weight excluding hydrogens is 404 g/mol. The number of rotatable bonds is 7. The van der Waals surface area contributed by atoms with Crippen LogP contribution in [0.15, 0.2) is 12.2 Å². The normalized spacial score (nSPS) is 43.4. The molecule has 0 radical (unpaired) electrons. The Kier molecular flexibility index (Phi) is 8.51. The minimum absolute atomic E-state index is 0.0595. The highest BCUT2D eigenvalue weighted by Gasteiger charge is 2.49. The predicted molar refractivity (Wildman–Crippen MR) is 112 cm³/mol. The number of esters is 1. The molecule has 3 saturated heterocycles. The van der Waals surface area contributed by atoms with Crippen molar-refractivity contribution >= 4 is 5.97 Å². The Morgan fingerprint density at radius 3 is 2.55 bits per heavy atom. The van der Waals surface area contributed by atoms with E-state index < -0.39 is 24.4 Å². The fourth-order valence-corrected chi connectivity index (χ4v) is 5.14. The minimum Gasteiger partial charge on any atom is -0.469 e. The van der Waals surface area contributed by atoms with Crippen molar-refractivity contribution < 1.29 is 39.1 Å². The summed E-state index contributed by atoms with van der Waals surface area (Å²) in [5.41, 5.74) is 0.975. The van der Waals surface area contributed by atoms with Crippen LogP contribution < -0.4 is 0 Å². The van der Waals surface area contributed by atoms with Crippen LogP contribution in [-0.4, -0.2) is 83.8 Å². The molecule has 4 unspecified atom stereocenters. The molecule has 10 atom stereocenters. The van der Waals surface area contributed by atoms with Gasteiger partial charge in [0, 0.05) is 31.8 Å². The molecule has 3 aliphatic rings. The van der Waals surface area contributed by atoms with Gasteiger partial charge in [0.2, 0.25) is 0 Å². The molecule has 0 bridgehead atoms. The van der Waals surface area contributed by atoms with Crippen LogP contribution in [0.3, 0.4) is 0 Å². The zero-order valence-electron chi connectivity index (χ0n) is 18.8. The second kappa shape index (κ2) is 10.7. The highest BCUT2D eigenvalue weighted by atomic mass is 16.6. The molecule has 31 heavy (non-hydrogen) atoms. The van der Waals surface area contributed by atoms with Gasteiger partial charge in [0.15, 0.2) is 0 Å². The van der Waals surface area contributed by atoms with Gasteiger partial charge in [-0.05, 0) is 30.8 Å². The van der Waals surface area contributed by atoms with Crippen molar-refractivity contribution in [1.29, 1.82) is 0 Å². The topological polar surface area (TPSA) is 115 Å². The maximum absolute atomic E-state index is 11.5. The summed E-state index contributed by atoms with van der Waals surface area (Å²) >= 11 is 0. The lowest BCUT2D eigenvalue weighted by atomic mass is 9.79. The van der Waals surface area contributed by atoms with Crippen LogP contribution in [-0.2, 0) is 23.7 Å². The number of fused-ring (bicyclic) bond motifs is 1. The number of carbonyl (C=O) groups excluding carboxylic acids is 1. The lowest BCUT2D eigenvalue weighted by Crippen LogP contribution is -2.60. The van der Waals surface area contributed by atoms with E-state index in [0.29, 0.717) is 32.1 Å². The summed E-state index contributed by atoms with van der Waals surface area (Å²) in [4.78, 5) is 11.5. The smallest absolute Gasteiger partial charge is 0.305 e. The SMILES string of the molecule is C=C1C(C[C@@H]2O[C@H]3CC(O)C(CCO)O[C@H]3[C@H](C)C2O)O[C@@H](CCC(=O)OC)C[C@H]1C. The summed E-state index contributed by atoms with van der Waals surface area (Å²) in [5, 5.41) is 30.5. The third kappa shape index (κ3) is 5.67.